The van der Waals surface area contributed by atoms with Crippen LogP contribution in [0.15, 0.2) is 0 Å². The summed E-state index contributed by atoms with van der Waals surface area (Å²) in [6.45, 7) is 3.40. The minimum atomic E-state index is -0.474. The van der Waals surface area contributed by atoms with Gasteiger partial charge in [-0.15, -0.1) is 0 Å². The van der Waals surface area contributed by atoms with Crippen molar-refractivity contribution in [2.75, 3.05) is 39.9 Å². The van der Waals surface area contributed by atoms with E-state index in [1.165, 1.54) is 6.42 Å². The molecule has 0 bridgehead atoms. The molecular formula is C17H30N4O3. The SMILES string of the molecule is CNC(=O)[C@@H]1C[C@H](N)CN1C(=O)C1(N2CCOCC2)CCCCC1. The van der Waals surface area contributed by atoms with Gasteiger partial charge in [0.1, 0.15) is 11.6 Å². The molecule has 0 aromatic heterocycles. The molecule has 3 rings (SSSR count). The van der Waals surface area contributed by atoms with Crippen molar-refractivity contribution in [2.45, 2.75) is 56.1 Å². The lowest BCUT2D eigenvalue weighted by Gasteiger charge is -2.48. The molecule has 2 saturated heterocycles. The van der Waals surface area contributed by atoms with Crippen molar-refractivity contribution in [3.8, 4) is 0 Å². The Bertz CT molecular complexity index is 472. The minimum absolute atomic E-state index is 0.102. The van der Waals surface area contributed by atoms with Gasteiger partial charge in [0.25, 0.3) is 0 Å². The number of hydrogen-bond acceptors (Lipinski definition) is 5. The molecule has 3 N–H and O–H groups in total. The predicted molar refractivity (Wildman–Crippen MR) is 90.4 cm³/mol. The Balaban J connectivity index is 1.86. The van der Waals surface area contributed by atoms with Crippen LogP contribution in [0.5, 0.6) is 0 Å². The number of ether oxygens (including phenoxy) is 1. The Hall–Kier alpha value is -1.18. The summed E-state index contributed by atoms with van der Waals surface area (Å²) in [6.07, 6.45) is 5.60. The van der Waals surface area contributed by atoms with Crippen molar-refractivity contribution in [3.05, 3.63) is 0 Å². The highest BCUT2D eigenvalue weighted by Gasteiger charge is 2.50. The number of nitrogens with zero attached hydrogens (tertiary/aromatic N) is 2. The molecule has 7 heteroatoms. The van der Waals surface area contributed by atoms with Crippen LogP contribution in [-0.4, -0.2) is 79.1 Å². The number of carbonyl (C=O) groups is 2. The van der Waals surface area contributed by atoms with E-state index in [1.54, 1.807) is 11.9 Å². The van der Waals surface area contributed by atoms with E-state index >= 15 is 0 Å². The van der Waals surface area contributed by atoms with E-state index in [1.807, 2.05) is 0 Å². The lowest BCUT2D eigenvalue weighted by Crippen LogP contribution is -2.64. The quantitative estimate of drug-likeness (QED) is 0.737. The molecule has 1 aliphatic carbocycles. The van der Waals surface area contributed by atoms with E-state index in [0.29, 0.717) is 26.2 Å². The van der Waals surface area contributed by atoms with Crippen LogP contribution in [0.25, 0.3) is 0 Å². The van der Waals surface area contributed by atoms with Gasteiger partial charge in [-0.05, 0) is 19.3 Å². The molecule has 136 valence electrons. The lowest BCUT2D eigenvalue weighted by atomic mass is 9.78. The van der Waals surface area contributed by atoms with Crippen LogP contribution < -0.4 is 11.1 Å². The molecule has 3 fully saturated rings. The maximum Gasteiger partial charge on any atom is 0.243 e. The monoisotopic (exact) mass is 338 g/mol. The molecule has 2 atom stereocenters. The van der Waals surface area contributed by atoms with Gasteiger partial charge in [-0.3, -0.25) is 14.5 Å². The van der Waals surface area contributed by atoms with Gasteiger partial charge < -0.3 is 20.7 Å². The highest BCUT2D eigenvalue weighted by atomic mass is 16.5. The third kappa shape index (κ3) is 3.17. The number of amides is 2. The van der Waals surface area contributed by atoms with Gasteiger partial charge in [0.2, 0.25) is 11.8 Å². The number of rotatable bonds is 3. The molecule has 24 heavy (non-hydrogen) atoms. The Labute approximate surface area is 143 Å². The van der Waals surface area contributed by atoms with Crippen LogP contribution in [-0.2, 0) is 14.3 Å². The molecule has 0 unspecified atom stereocenters. The molecule has 2 heterocycles. The zero-order valence-electron chi connectivity index (χ0n) is 14.6. The van der Waals surface area contributed by atoms with E-state index in [9.17, 15) is 9.59 Å². The van der Waals surface area contributed by atoms with Gasteiger partial charge in [-0.1, -0.05) is 19.3 Å². The molecule has 0 aromatic rings. The minimum Gasteiger partial charge on any atom is -0.379 e. The van der Waals surface area contributed by atoms with E-state index < -0.39 is 11.6 Å². The number of hydrogen-bond donors (Lipinski definition) is 2. The van der Waals surface area contributed by atoms with Crippen LogP contribution in [0.3, 0.4) is 0 Å². The fourth-order valence-electron chi connectivity index (χ4n) is 4.57. The largest absolute Gasteiger partial charge is 0.379 e. The van der Waals surface area contributed by atoms with Gasteiger partial charge >= 0.3 is 0 Å². The van der Waals surface area contributed by atoms with Crippen LogP contribution in [0.2, 0.25) is 0 Å². The van der Waals surface area contributed by atoms with Crippen molar-refractivity contribution in [1.82, 2.24) is 15.1 Å². The fraction of sp³-hybridized carbons (Fsp3) is 0.882. The van der Waals surface area contributed by atoms with E-state index in [2.05, 4.69) is 10.2 Å². The Morgan fingerprint density at radius 1 is 1.17 bits per heavy atom. The highest BCUT2D eigenvalue weighted by molar-refractivity contribution is 5.93. The average molecular weight is 338 g/mol. The highest BCUT2D eigenvalue weighted by Crippen LogP contribution is 2.37. The number of likely N-dealkylation sites (tertiary alicyclic amines) is 1. The summed E-state index contributed by atoms with van der Waals surface area (Å²) in [4.78, 5) is 29.9. The standard InChI is InChI=1S/C17H30N4O3/c1-19-15(22)14-11-13(18)12-21(14)16(23)17(5-3-2-4-6-17)20-7-9-24-10-8-20/h13-14H,2-12,18H2,1H3,(H,19,22)/t13-,14-/m0/s1. The topological polar surface area (TPSA) is 87.9 Å². The Morgan fingerprint density at radius 3 is 2.46 bits per heavy atom. The van der Waals surface area contributed by atoms with Crippen molar-refractivity contribution in [2.24, 2.45) is 5.73 Å². The first-order valence-electron chi connectivity index (χ1n) is 9.19. The molecular weight excluding hydrogens is 308 g/mol. The van der Waals surface area contributed by atoms with Gasteiger partial charge in [0, 0.05) is 32.7 Å². The summed E-state index contributed by atoms with van der Waals surface area (Å²) < 4.78 is 5.48. The molecule has 0 radical (unpaired) electrons. The van der Waals surface area contributed by atoms with E-state index in [4.69, 9.17) is 10.5 Å². The number of likely N-dealkylation sites (N-methyl/N-ethyl adjacent to an activating group) is 1. The summed E-state index contributed by atoms with van der Waals surface area (Å²) in [7, 11) is 1.62. The van der Waals surface area contributed by atoms with Crippen molar-refractivity contribution in [1.29, 1.82) is 0 Å². The van der Waals surface area contributed by atoms with Crippen LogP contribution >= 0.6 is 0 Å². The Morgan fingerprint density at radius 2 is 1.83 bits per heavy atom. The van der Waals surface area contributed by atoms with Crippen LogP contribution in [0.4, 0.5) is 0 Å². The summed E-state index contributed by atoms with van der Waals surface area (Å²) in [5.74, 6) is -0.00473. The molecule has 3 aliphatic rings. The second-order valence-corrected chi connectivity index (χ2v) is 7.28. The van der Waals surface area contributed by atoms with Crippen LogP contribution in [0.1, 0.15) is 38.5 Å². The second-order valence-electron chi connectivity index (χ2n) is 7.28. The summed E-state index contributed by atoms with van der Waals surface area (Å²) >= 11 is 0. The molecule has 2 amide bonds. The van der Waals surface area contributed by atoms with Gasteiger partial charge in [0.15, 0.2) is 0 Å². The first-order valence-corrected chi connectivity index (χ1v) is 9.19. The smallest absolute Gasteiger partial charge is 0.243 e. The first-order chi connectivity index (χ1) is 11.6. The predicted octanol–water partition coefficient (Wildman–Crippen LogP) is -0.304. The first kappa shape index (κ1) is 17.6. The lowest BCUT2D eigenvalue weighted by molar-refractivity contribution is -0.154. The zero-order valence-corrected chi connectivity index (χ0v) is 14.6. The van der Waals surface area contributed by atoms with Crippen molar-refractivity contribution in [3.63, 3.8) is 0 Å². The molecule has 1 saturated carbocycles. The van der Waals surface area contributed by atoms with Gasteiger partial charge in [-0.25, -0.2) is 0 Å². The average Bonchev–Trinajstić information content (AvgIpc) is 3.03. The summed E-state index contributed by atoms with van der Waals surface area (Å²) in [5.41, 5.74) is 5.62. The molecule has 7 nitrogen and oxygen atoms in total. The molecule has 0 spiro atoms. The van der Waals surface area contributed by atoms with Gasteiger partial charge in [-0.2, -0.15) is 0 Å². The number of morpholine rings is 1. The van der Waals surface area contributed by atoms with Crippen molar-refractivity contribution >= 4 is 11.8 Å². The van der Waals surface area contributed by atoms with E-state index in [0.717, 1.165) is 38.8 Å². The molecule has 0 aromatic carbocycles. The maximum absolute atomic E-state index is 13.6. The molecule has 2 aliphatic heterocycles. The zero-order chi connectivity index (χ0) is 17.2. The third-order valence-corrected chi connectivity index (χ3v) is 5.84. The Kier molecular flexibility index (Phi) is 5.42. The van der Waals surface area contributed by atoms with E-state index in [-0.39, 0.29) is 17.9 Å². The second kappa shape index (κ2) is 7.37. The third-order valence-electron chi connectivity index (χ3n) is 5.84. The number of nitrogens with one attached hydrogen (secondary N) is 1. The van der Waals surface area contributed by atoms with Gasteiger partial charge in [0.05, 0.1) is 13.2 Å². The maximum atomic E-state index is 13.6. The van der Waals surface area contributed by atoms with Crippen LogP contribution in [0, 0.1) is 0 Å². The number of carbonyl (C=O) groups excluding carboxylic acids is 2. The van der Waals surface area contributed by atoms with Crippen molar-refractivity contribution < 1.29 is 14.3 Å². The normalized spacial score (nSPS) is 31.0. The summed E-state index contributed by atoms with van der Waals surface area (Å²) in [6, 6.07) is -0.557. The fourth-order valence-corrected chi connectivity index (χ4v) is 4.57. The summed E-state index contributed by atoms with van der Waals surface area (Å²) in [5, 5.41) is 2.69. The number of nitrogens with two attached hydrogens (primary N) is 1.